The number of hydrogen-bond acceptors (Lipinski definition) is 5. The van der Waals surface area contributed by atoms with E-state index in [0.29, 0.717) is 19.6 Å². The summed E-state index contributed by atoms with van der Waals surface area (Å²) in [5.74, 6) is 0. The summed E-state index contributed by atoms with van der Waals surface area (Å²) in [5.41, 5.74) is 6.37. The third-order valence-corrected chi connectivity index (χ3v) is 2.39. The van der Waals surface area contributed by atoms with Gasteiger partial charge in [-0.3, -0.25) is 4.79 Å². The van der Waals surface area contributed by atoms with Gasteiger partial charge in [0.15, 0.2) is 0 Å². The van der Waals surface area contributed by atoms with Crippen molar-refractivity contribution in [2.24, 2.45) is 5.73 Å². The molecule has 0 saturated carbocycles. The fourth-order valence-electron chi connectivity index (χ4n) is 1.39. The summed E-state index contributed by atoms with van der Waals surface area (Å²) < 4.78 is 4.54. The van der Waals surface area contributed by atoms with Gasteiger partial charge in [0.25, 0.3) is 6.47 Å². The van der Waals surface area contributed by atoms with Gasteiger partial charge in [-0.15, -0.1) is 0 Å². The van der Waals surface area contributed by atoms with Gasteiger partial charge in [0.05, 0.1) is 6.10 Å². The Morgan fingerprint density at radius 2 is 2.12 bits per heavy atom. The van der Waals surface area contributed by atoms with Crippen molar-refractivity contribution in [3.63, 3.8) is 0 Å². The molecule has 2 rings (SSSR count). The van der Waals surface area contributed by atoms with Crippen LogP contribution in [0.2, 0.25) is 0 Å². The number of benzene rings is 1. The minimum Gasteiger partial charge on any atom is -0.463 e. The molecule has 2 unspecified atom stereocenters. The number of nitrogens with one attached hydrogen (secondary N) is 1. The van der Waals surface area contributed by atoms with Crippen LogP contribution in [0, 0.1) is 0 Å². The van der Waals surface area contributed by atoms with E-state index in [9.17, 15) is 4.79 Å². The lowest BCUT2D eigenvalue weighted by Gasteiger charge is -2.02. The van der Waals surface area contributed by atoms with Crippen LogP contribution in [0.5, 0.6) is 0 Å². The Morgan fingerprint density at radius 1 is 1.41 bits per heavy atom. The van der Waals surface area contributed by atoms with E-state index in [1.807, 2.05) is 30.3 Å². The molecule has 5 heteroatoms. The molecule has 5 nitrogen and oxygen atoms in total. The summed E-state index contributed by atoms with van der Waals surface area (Å²) in [6.07, 6.45) is -0.319. The summed E-state index contributed by atoms with van der Waals surface area (Å²) in [7, 11) is 0. The molecule has 1 fully saturated rings. The first-order valence-corrected chi connectivity index (χ1v) is 5.47. The zero-order valence-electron chi connectivity index (χ0n) is 9.58. The fourth-order valence-corrected chi connectivity index (χ4v) is 1.39. The number of nitrogens with two attached hydrogens (primary N) is 1. The molecule has 2 atom stereocenters. The average Bonchev–Trinajstić information content (AvgIpc) is 2.73. The largest absolute Gasteiger partial charge is 0.463 e. The standard InChI is InChI=1S/C8H8O2.C4H10N2O/c9-7-10-6-8-4-2-1-3-5-8;5-3-1-6-2-4(3)7/h1-5,7H,6H2;3-4,6-7H,1-2,5H2. The highest BCUT2D eigenvalue weighted by Crippen LogP contribution is 1.98. The molecule has 1 aliphatic heterocycles. The summed E-state index contributed by atoms with van der Waals surface area (Å²) in [6, 6.07) is 9.50. The van der Waals surface area contributed by atoms with Gasteiger partial charge in [0.2, 0.25) is 0 Å². The number of carbonyl (C=O) groups excluding carboxylic acids is 1. The predicted molar refractivity (Wildman–Crippen MR) is 64.1 cm³/mol. The van der Waals surface area contributed by atoms with Crippen LogP contribution in [0.1, 0.15) is 5.56 Å². The molecule has 0 radical (unpaired) electrons. The first-order valence-electron chi connectivity index (χ1n) is 5.47. The van der Waals surface area contributed by atoms with Gasteiger partial charge in [-0.25, -0.2) is 0 Å². The Kier molecular flexibility index (Phi) is 6.24. The Bertz CT molecular complexity index is 311. The van der Waals surface area contributed by atoms with Crippen molar-refractivity contribution in [2.75, 3.05) is 13.1 Å². The summed E-state index contributed by atoms with van der Waals surface area (Å²) in [4.78, 5) is 9.76. The molecule has 1 aliphatic rings. The number of β-amino-alcohol motifs (C(OH)–C–C–N with tert-alkyl or cyclic N) is 1. The number of carbonyl (C=O) groups is 1. The maximum Gasteiger partial charge on any atom is 0.293 e. The highest BCUT2D eigenvalue weighted by atomic mass is 16.5. The number of hydrogen-bond donors (Lipinski definition) is 3. The molecular formula is C12H18N2O3. The molecule has 0 bridgehead atoms. The van der Waals surface area contributed by atoms with Crippen molar-refractivity contribution in [2.45, 2.75) is 18.8 Å². The smallest absolute Gasteiger partial charge is 0.293 e. The van der Waals surface area contributed by atoms with Crippen molar-refractivity contribution in [3.8, 4) is 0 Å². The molecule has 0 amide bonds. The zero-order valence-corrected chi connectivity index (χ0v) is 9.58. The second kappa shape index (κ2) is 7.78. The Hall–Kier alpha value is -1.43. The molecule has 94 valence electrons. The average molecular weight is 238 g/mol. The Balaban J connectivity index is 0.000000181. The van der Waals surface area contributed by atoms with Crippen molar-refractivity contribution in [1.29, 1.82) is 0 Å². The summed E-state index contributed by atoms with van der Waals surface area (Å²) >= 11 is 0. The normalized spacial score (nSPS) is 22.5. The van der Waals surface area contributed by atoms with E-state index in [4.69, 9.17) is 10.8 Å². The van der Waals surface area contributed by atoms with E-state index in [1.165, 1.54) is 0 Å². The number of ether oxygens (including phenoxy) is 1. The van der Waals surface area contributed by atoms with Gasteiger partial charge in [0, 0.05) is 19.1 Å². The quantitative estimate of drug-likeness (QED) is 0.626. The van der Waals surface area contributed by atoms with Gasteiger partial charge < -0.3 is 20.9 Å². The lowest BCUT2D eigenvalue weighted by atomic mass is 10.2. The molecule has 0 aliphatic carbocycles. The van der Waals surface area contributed by atoms with Crippen LogP contribution < -0.4 is 11.1 Å². The molecule has 1 aromatic rings. The highest BCUT2D eigenvalue weighted by Gasteiger charge is 2.19. The molecule has 0 aromatic heterocycles. The minimum atomic E-state index is -0.319. The topological polar surface area (TPSA) is 84.6 Å². The van der Waals surface area contributed by atoms with Gasteiger partial charge in [-0.2, -0.15) is 0 Å². The van der Waals surface area contributed by atoms with E-state index in [-0.39, 0.29) is 12.1 Å². The minimum absolute atomic E-state index is 0.0417. The number of rotatable bonds is 3. The van der Waals surface area contributed by atoms with Crippen LogP contribution in [0.15, 0.2) is 30.3 Å². The maximum absolute atomic E-state index is 9.76. The third kappa shape index (κ3) is 5.44. The zero-order chi connectivity index (χ0) is 12.5. The lowest BCUT2D eigenvalue weighted by molar-refractivity contribution is -0.129. The first-order chi connectivity index (χ1) is 8.24. The van der Waals surface area contributed by atoms with E-state index in [0.717, 1.165) is 12.1 Å². The van der Waals surface area contributed by atoms with Crippen molar-refractivity contribution in [1.82, 2.24) is 5.32 Å². The molecular weight excluding hydrogens is 220 g/mol. The van der Waals surface area contributed by atoms with Crippen LogP contribution >= 0.6 is 0 Å². The number of aliphatic hydroxyl groups is 1. The van der Waals surface area contributed by atoms with Crippen LogP contribution in [0.3, 0.4) is 0 Å². The van der Waals surface area contributed by atoms with Crippen molar-refractivity contribution >= 4 is 6.47 Å². The maximum atomic E-state index is 9.76. The monoisotopic (exact) mass is 238 g/mol. The van der Waals surface area contributed by atoms with Gasteiger partial charge in [-0.1, -0.05) is 30.3 Å². The van der Waals surface area contributed by atoms with Crippen LogP contribution in [-0.4, -0.2) is 36.8 Å². The van der Waals surface area contributed by atoms with E-state index in [2.05, 4.69) is 10.1 Å². The fraction of sp³-hybridized carbons (Fsp3) is 0.417. The summed E-state index contributed by atoms with van der Waals surface area (Å²) in [5, 5.41) is 11.8. The van der Waals surface area contributed by atoms with Gasteiger partial charge >= 0.3 is 0 Å². The van der Waals surface area contributed by atoms with Gasteiger partial charge in [-0.05, 0) is 5.56 Å². The second-order valence-corrected chi connectivity index (χ2v) is 3.78. The SMILES string of the molecule is NC1CNCC1O.O=COCc1ccccc1. The lowest BCUT2D eigenvalue weighted by Crippen LogP contribution is -2.32. The Morgan fingerprint density at radius 3 is 2.53 bits per heavy atom. The summed E-state index contributed by atoms with van der Waals surface area (Å²) in [6.45, 7) is 2.22. The molecule has 0 spiro atoms. The van der Waals surface area contributed by atoms with Crippen LogP contribution in [-0.2, 0) is 16.1 Å². The highest BCUT2D eigenvalue weighted by molar-refractivity contribution is 5.37. The van der Waals surface area contributed by atoms with Crippen molar-refractivity contribution < 1.29 is 14.6 Å². The van der Waals surface area contributed by atoms with Crippen LogP contribution in [0.25, 0.3) is 0 Å². The van der Waals surface area contributed by atoms with E-state index >= 15 is 0 Å². The molecule has 1 aromatic carbocycles. The number of aliphatic hydroxyl groups excluding tert-OH is 1. The van der Waals surface area contributed by atoms with E-state index in [1.54, 1.807) is 0 Å². The predicted octanol–water partition coefficient (Wildman–Crippen LogP) is -0.363. The molecule has 1 heterocycles. The molecule has 1 saturated heterocycles. The van der Waals surface area contributed by atoms with Crippen molar-refractivity contribution in [3.05, 3.63) is 35.9 Å². The Labute approximate surface area is 101 Å². The van der Waals surface area contributed by atoms with E-state index < -0.39 is 0 Å². The first kappa shape index (κ1) is 13.6. The second-order valence-electron chi connectivity index (χ2n) is 3.78. The van der Waals surface area contributed by atoms with Gasteiger partial charge in [0.1, 0.15) is 6.61 Å². The van der Waals surface area contributed by atoms with Crippen LogP contribution in [0.4, 0.5) is 0 Å². The molecule has 17 heavy (non-hydrogen) atoms. The third-order valence-electron chi connectivity index (χ3n) is 2.39. The molecule has 4 N–H and O–H groups in total.